The topological polar surface area (TPSA) is 38.7 Å². The fraction of sp³-hybridized carbons (Fsp3) is 0.0476. The smallest absolute Gasteiger partial charge is 0.339 e. The zero-order valence-corrected chi connectivity index (χ0v) is 15.6. The van der Waals surface area contributed by atoms with E-state index in [2.05, 4.69) is 34.3 Å². The first-order valence-corrected chi connectivity index (χ1v) is 8.83. The van der Waals surface area contributed by atoms with E-state index in [1.807, 2.05) is 66.7 Å². The summed E-state index contributed by atoms with van der Waals surface area (Å²) in [5.74, 6) is -0.371. The predicted octanol–water partition coefficient (Wildman–Crippen LogP) is 5.65. The van der Waals surface area contributed by atoms with Gasteiger partial charge in [-0.1, -0.05) is 54.6 Å². The van der Waals surface area contributed by atoms with E-state index in [1.54, 1.807) is 6.07 Å². The molecule has 0 saturated carbocycles. The summed E-state index contributed by atoms with van der Waals surface area (Å²) in [7, 11) is 0. The van der Waals surface area contributed by atoms with E-state index in [4.69, 9.17) is 4.74 Å². The molecule has 0 saturated heterocycles. The molecule has 0 unspecified atom stereocenters. The van der Waals surface area contributed by atoms with Crippen LogP contribution in [0.3, 0.4) is 0 Å². The highest BCUT2D eigenvalue weighted by atomic mass is 127. The zero-order valence-electron chi connectivity index (χ0n) is 13.5. The van der Waals surface area contributed by atoms with Crippen LogP contribution < -0.4 is 0 Å². The van der Waals surface area contributed by atoms with Crippen LogP contribution >= 0.6 is 22.6 Å². The molecule has 0 spiro atoms. The average Bonchev–Trinajstić information content (AvgIpc) is 2.67. The molecule has 0 fully saturated rings. The summed E-state index contributed by atoms with van der Waals surface area (Å²) in [6.07, 6.45) is 0. The molecule has 0 aliphatic carbocycles. The Balaban J connectivity index is 1.94. The van der Waals surface area contributed by atoms with E-state index < -0.39 is 0 Å². The normalized spacial score (nSPS) is 10.3. The number of carbonyl (C=O) groups is 1. The van der Waals surface area contributed by atoms with E-state index in [-0.39, 0.29) is 12.6 Å². The molecule has 3 rings (SSSR count). The summed E-state index contributed by atoms with van der Waals surface area (Å²) >= 11 is 2.26. The molecule has 25 heavy (non-hydrogen) atoms. The molecular weight excluding hydrogens is 425 g/mol. The van der Waals surface area contributed by atoms with Gasteiger partial charge in [-0.15, -0.1) is 0 Å². The second kappa shape index (κ2) is 8.07. The zero-order chi connectivity index (χ0) is 17.6. The number of carbonyl (C=O) groups excluding carboxylic acids is 1. The lowest BCUT2D eigenvalue weighted by molar-refractivity contribution is 0.0473. The highest BCUT2D eigenvalue weighted by molar-refractivity contribution is 14.1. The maximum absolute atomic E-state index is 12.7. The Morgan fingerprint density at radius 1 is 0.960 bits per heavy atom. The first-order chi connectivity index (χ1) is 12.2. The van der Waals surface area contributed by atoms with Gasteiger partial charge in [-0.3, -0.25) is 4.99 Å². The number of esters is 1. The van der Waals surface area contributed by atoms with Crippen LogP contribution in [-0.2, 0) is 11.3 Å². The molecule has 0 aromatic heterocycles. The van der Waals surface area contributed by atoms with Crippen LogP contribution in [0.4, 0.5) is 5.69 Å². The second-order valence-electron chi connectivity index (χ2n) is 5.43. The van der Waals surface area contributed by atoms with Gasteiger partial charge < -0.3 is 4.74 Å². The largest absolute Gasteiger partial charge is 0.457 e. The van der Waals surface area contributed by atoms with E-state index in [0.717, 1.165) is 20.3 Å². The lowest BCUT2D eigenvalue weighted by atomic mass is 9.99. The van der Waals surface area contributed by atoms with E-state index in [1.165, 1.54) is 0 Å². The van der Waals surface area contributed by atoms with Gasteiger partial charge >= 0.3 is 5.97 Å². The Hall–Kier alpha value is -2.47. The van der Waals surface area contributed by atoms with Crippen molar-refractivity contribution >= 4 is 41.0 Å². The van der Waals surface area contributed by atoms with Crippen LogP contribution in [0.5, 0.6) is 0 Å². The van der Waals surface area contributed by atoms with Crippen LogP contribution in [0.25, 0.3) is 11.1 Å². The molecule has 3 aromatic carbocycles. The molecule has 0 aliphatic rings. The number of hydrogen-bond acceptors (Lipinski definition) is 3. The number of benzene rings is 3. The quantitative estimate of drug-likeness (QED) is 0.292. The Kier molecular flexibility index (Phi) is 5.60. The summed E-state index contributed by atoms with van der Waals surface area (Å²) < 4.78 is 6.58. The Labute approximate surface area is 160 Å². The maximum atomic E-state index is 12.7. The molecule has 4 heteroatoms. The third-order valence-corrected chi connectivity index (χ3v) is 4.72. The van der Waals surface area contributed by atoms with Crippen molar-refractivity contribution in [1.29, 1.82) is 0 Å². The molecule has 124 valence electrons. The molecule has 0 atom stereocenters. The van der Waals surface area contributed by atoms with Crippen LogP contribution in [0.15, 0.2) is 77.8 Å². The lowest BCUT2D eigenvalue weighted by Gasteiger charge is -2.12. The Morgan fingerprint density at radius 3 is 2.40 bits per heavy atom. The maximum Gasteiger partial charge on any atom is 0.339 e. The first kappa shape index (κ1) is 17.4. The average molecular weight is 441 g/mol. The van der Waals surface area contributed by atoms with Crippen molar-refractivity contribution in [2.45, 2.75) is 6.61 Å². The van der Waals surface area contributed by atoms with Crippen molar-refractivity contribution in [2.75, 3.05) is 0 Å². The first-order valence-electron chi connectivity index (χ1n) is 7.76. The third-order valence-electron chi connectivity index (χ3n) is 3.78. The minimum Gasteiger partial charge on any atom is -0.457 e. The summed E-state index contributed by atoms with van der Waals surface area (Å²) in [5.41, 5.74) is 3.90. The van der Waals surface area contributed by atoms with Gasteiger partial charge in [-0.05, 0) is 64.2 Å². The summed E-state index contributed by atoms with van der Waals surface area (Å²) in [6, 6.07) is 23.0. The third kappa shape index (κ3) is 4.14. The number of halogens is 1. The highest BCUT2D eigenvalue weighted by Gasteiger charge is 2.17. The Bertz CT molecular complexity index is 907. The van der Waals surface area contributed by atoms with Crippen LogP contribution in [0.1, 0.15) is 15.9 Å². The lowest BCUT2D eigenvalue weighted by Crippen LogP contribution is -2.07. The summed E-state index contributed by atoms with van der Waals surface area (Å²) in [6.45, 7) is 3.77. The minimum atomic E-state index is -0.371. The number of rotatable bonds is 5. The van der Waals surface area contributed by atoms with Gasteiger partial charge in [-0.2, -0.15) is 0 Å². The molecule has 0 N–H and O–H groups in total. The van der Waals surface area contributed by atoms with Crippen molar-refractivity contribution in [1.82, 2.24) is 0 Å². The molecule has 0 bridgehead atoms. The molecule has 0 heterocycles. The SMILES string of the molecule is C=Nc1ccc(-c2ccccc2I)c(C(=O)OCc2ccccc2)c1. The van der Waals surface area contributed by atoms with Gasteiger partial charge in [0.25, 0.3) is 0 Å². The van der Waals surface area contributed by atoms with Crippen molar-refractivity contribution in [2.24, 2.45) is 4.99 Å². The van der Waals surface area contributed by atoms with E-state index in [0.29, 0.717) is 11.3 Å². The monoisotopic (exact) mass is 441 g/mol. The predicted molar refractivity (Wildman–Crippen MR) is 109 cm³/mol. The van der Waals surface area contributed by atoms with Crippen molar-refractivity contribution < 1.29 is 9.53 Å². The van der Waals surface area contributed by atoms with Gasteiger partial charge in [0.15, 0.2) is 0 Å². The highest BCUT2D eigenvalue weighted by Crippen LogP contribution is 2.31. The molecule has 0 radical (unpaired) electrons. The number of hydrogen-bond donors (Lipinski definition) is 0. The fourth-order valence-electron chi connectivity index (χ4n) is 2.51. The molecule has 3 nitrogen and oxygen atoms in total. The molecule has 3 aromatic rings. The van der Waals surface area contributed by atoms with Gasteiger partial charge in [-0.25, -0.2) is 4.79 Å². The number of ether oxygens (including phenoxy) is 1. The van der Waals surface area contributed by atoms with Gasteiger partial charge in [0, 0.05) is 3.57 Å². The number of nitrogens with zero attached hydrogens (tertiary/aromatic N) is 1. The fourth-order valence-corrected chi connectivity index (χ4v) is 3.19. The van der Waals surface area contributed by atoms with Crippen molar-refractivity contribution in [3.8, 4) is 11.1 Å². The molecular formula is C21H16INO2. The van der Waals surface area contributed by atoms with Crippen LogP contribution in [0.2, 0.25) is 0 Å². The van der Waals surface area contributed by atoms with E-state index in [9.17, 15) is 4.79 Å². The molecule has 0 amide bonds. The Morgan fingerprint density at radius 2 is 1.68 bits per heavy atom. The van der Waals surface area contributed by atoms with Crippen LogP contribution in [0, 0.1) is 3.57 Å². The van der Waals surface area contributed by atoms with Crippen molar-refractivity contribution in [3.63, 3.8) is 0 Å². The van der Waals surface area contributed by atoms with Gasteiger partial charge in [0.05, 0.1) is 11.3 Å². The van der Waals surface area contributed by atoms with Gasteiger partial charge in [0.1, 0.15) is 6.61 Å². The van der Waals surface area contributed by atoms with E-state index >= 15 is 0 Å². The van der Waals surface area contributed by atoms with Crippen LogP contribution in [-0.4, -0.2) is 12.7 Å². The minimum absolute atomic E-state index is 0.233. The standard InChI is InChI=1S/C21H16INO2/c1-23-16-11-12-17(18-9-5-6-10-20(18)22)19(13-16)21(24)25-14-15-7-3-2-4-8-15/h2-13H,1,14H2. The summed E-state index contributed by atoms with van der Waals surface area (Å²) in [5, 5.41) is 0. The second-order valence-corrected chi connectivity index (χ2v) is 6.59. The van der Waals surface area contributed by atoms with Crippen molar-refractivity contribution in [3.05, 3.63) is 87.5 Å². The number of aliphatic imine (C=N–C) groups is 1. The summed E-state index contributed by atoms with van der Waals surface area (Å²) in [4.78, 5) is 16.6. The molecule has 0 aliphatic heterocycles. The van der Waals surface area contributed by atoms with Gasteiger partial charge in [0.2, 0.25) is 0 Å².